The van der Waals surface area contributed by atoms with Crippen LogP contribution in [-0.2, 0) is 0 Å². The number of nitrogens with two attached hydrogens (primary N) is 1. The molecule has 0 amide bonds. The molecule has 0 aliphatic heterocycles. The van der Waals surface area contributed by atoms with Crippen LogP contribution in [0.2, 0.25) is 0 Å². The highest BCUT2D eigenvalue weighted by atomic mass is 16.5. The van der Waals surface area contributed by atoms with Crippen molar-refractivity contribution in [1.82, 2.24) is 0 Å². The first-order valence-corrected chi connectivity index (χ1v) is 4.52. The average molecular weight is 179 g/mol. The standard InChI is InChI=1S/C11H17NO/c1-9(12)11(2,3)13-10-7-5-4-6-8-10/h4-9H,12H2,1-3H3. The number of hydrogen-bond donors (Lipinski definition) is 1. The van der Waals surface area contributed by atoms with Gasteiger partial charge in [-0.15, -0.1) is 0 Å². The molecule has 0 fully saturated rings. The van der Waals surface area contributed by atoms with Crippen molar-refractivity contribution >= 4 is 0 Å². The molecular weight excluding hydrogens is 162 g/mol. The summed E-state index contributed by atoms with van der Waals surface area (Å²) in [5.41, 5.74) is 5.47. The van der Waals surface area contributed by atoms with E-state index in [4.69, 9.17) is 10.5 Å². The Balaban J connectivity index is 2.69. The van der Waals surface area contributed by atoms with E-state index < -0.39 is 0 Å². The zero-order chi connectivity index (χ0) is 9.90. The predicted octanol–water partition coefficient (Wildman–Crippen LogP) is 2.19. The molecule has 1 rings (SSSR count). The third-order valence-corrected chi connectivity index (χ3v) is 2.22. The van der Waals surface area contributed by atoms with Gasteiger partial charge in [0, 0.05) is 6.04 Å². The average Bonchev–Trinajstić information content (AvgIpc) is 2.05. The van der Waals surface area contributed by atoms with Gasteiger partial charge in [-0.05, 0) is 32.9 Å². The van der Waals surface area contributed by atoms with Gasteiger partial charge in [0.05, 0.1) is 0 Å². The first-order chi connectivity index (χ1) is 6.02. The molecule has 0 bridgehead atoms. The molecule has 0 heterocycles. The molecule has 0 aliphatic carbocycles. The van der Waals surface area contributed by atoms with Gasteiger partial charge in [-0.1, -0.05) is 18.2 Å². The number of ether oxygens (including phenoxy) is 1. The molecular formula is C11H17NO. The Bertz CT molecular complexity index is 254. The Morgan fingerprint density at radius 1 is 1.23 bits per heavy atom. The summed E-state index contributed by atoms with van der Waals surface area (Å²) in [6.45, 7) is 5.93. The maximum Gasteiger partial charge on any atom is 0.120 e. The second kappa shape index (κ2) is 3.79. The Labute approximate surface area is 79.7 Å². The highest BCUT2D eigenvalue weighted by Crippen LogP contribution is 2.19. The molecule has 2 heteroatoms. The van der Waals surface area contributed by atoms with Crippen LogP contribution in [0, 0.1) is 0 Å². The van der Waals surface area contributed by atoms with Gasteiger partial charge in [0.25, 0.3) is 0 Å². The summed E-state index contributed by atoms with van der Waals surface area (Å²) in [4.78, 5) is 0. The van der Waals surface area contributed by atoms with Crippen molar-refractivity contribution < 1.29 is 4.74 Å². The minimum Gasteiger partial charge on any atom is -0.486 e. The number of hydrogen-bond acceptors (Lipinski definition) is 2. The van der Waals surface area contributed by atoms with Crippen LogP contribution in [0.4, 0.5) is 0 Å². The second-order valence-corrected chi connectivity index (χ2v) is 3.81. The molecule has 1 unspecified atom stereocenters. The van der Waals surface area contributed by atoms with E-state index in [-0.39, 0.29) is 11.6 Å². The highest BCUT2D eigenvalue weighted by Gasteiger charge is 2.24. The van der Waals surface area contributed by atoms with Gasteiger partial charge in [-0.3, -0.25) is 0 Å². The third-order valence-electron chi connectivity index (χ3n) is 2.22. The molecule has 72 valence electrons. The quantitative estimate of drug-likeness (QED) is 0.772. The number of benzene rings is 1. The van der Waals surface area contributed by atoms with Crippen molar-refractivity contribution in [3.63, 3.8) is 0 Å². The molecule has 0 saturated carbocycles. The lowest BCUT2D eigenvalue weighted by atomic mass is 10.0. The topological polar surface area (TPSA) is 35.2 Å². The maximum absolute atomic E-state index is 5.79. The van der Waals surface area contributed by atoms with Crippen LogP contribution in [0.1, 0.15) is 20.8 Å². The molecule has 1 atom stereocenters. The van der Waals surface area contributed by atoms with Crippen molar-refractivity contribution in [2.75, 3.05) is 0 Å². The van der Waals surface area contributed by atoms with Crippen molar-refractivity contribution in [2.45, 2.75) is 32.4 Å². The van der Waals surface area contributed by atoms with E-state index in [2.05, 4.69) is 0 Å². The first-order valence-electron chi connectivity index (χ1n) is 4.52. The molecule has 2 N–H and O–H groups in total. The van der Waals surface area contributed by atoms with Crippen LogP contribution in [0.3, 0.4) is 0 Å². The van der Waals surface area contributed by atoms with Crippen molar-refractivity contribution in [2.24, 2.45) is 5.73 Å². The fourth-order valence-electron chi connectivity index (χ4n) is 0.885. The minimum atomic E-state index is -0.318. The van der Waals surface area contributed by atoms with E-state index in [0.717, 1.165) is 5.75 Å². The monoisotopic (exact) mass is 179 g/mol. The van der Waals surface area contributed by atoms with Crippen molar-refractivity contribution in [1.29, 1.82) is 0 Å². The summed E-state index contributed by atoms with van der Waals surface area (Å²) < 4.78 is 5.74. The zero-order valence-electron chi connectivity index (χ0n) is 8.45. The highest BCUT2D eigenvalue weighted by molar-refractivity contribution is 5.22. The summed E-state index contributed by atoms with van der Waals surface area (Å²) in [5.74, 6) is 0.866. The maximum atomic E-state index is 5.79. The fourth-order valence-corrected chi connectivity index (χ4v) is 0.885. The van der Waals surface area contributed by atoms with Crippen molar-refractivity contribution in [3.8, 4) is 5.75 Å². The lowest BCUT2D eigenvalue weighted by molar-refractivity contribution is 0.0861. The van der Waals surface area contributed by atoms with Gasteiger partial charge in [0.1, 0.15) is 11.4 Å². The number of rotatable bonds is 3. The molecule has 2 nitrogen and oxygen atoms in total. The lowest BCUT2D eigenvalue weighted by Gasteiger charge is -2.30. The van der Waals surface area contributed by atoms with Gasteiger partial charge < -0.3 is 10.5 Å². The minimum absolute atomic E-state index is 0.00714. The second-order valence-electron chi connectivity index (χ2n) is 3.81. The van der Waals surface area contributed by atoms with E-state index in [1.54, 1.807) is 0 Å². The summed E-state index contributed by atoms with van der Waals surface area (Å²) in [6, 6.07) is 9.74. The van der Waals surface area contributed by atoms with Crippen molar-refractivity contribution in [3.05, 3.63) is 30.3 Å². The molecule has 0 spiro atoms. The molecule has 0 radical (unpaired) electrons. The summed E-state index contributed by atoms with van der Waals surface area (Å²) >= 11 is 0. The lowest BCUT2D eigenvalue weighted by Crippen LogP contribution is -2.45. The molecule has 13 heavy (non-hydrogen) atoms. The third kappa shape index (κ3) is 2.74. The molecule has 1 aromatic rings. The van der Waals surface area contributed by atoms with Gasteiger partial charge in [-0.2, -0.15) is 0 Å². The fraction of sp³-hybridized carbons (Fsp3) is 0.455. The van der Waals surface area contributed by atoms with Crippen LogP contribution in [0.25, 0.3) is 0 Å². The van der Waals surface area contributed by atoms with Crippen LogP contribution in [0.15, 0.2) is 30.3 Å². The summed E-state index contributed by atoms with van der Waals surface area (Å²) in [5, 5.41) is 0. The van der Waals surface area contributed by atoms with E-state index in [0.29, 0.717) is 0 Å². The van der Waals surface area contributed by atoms with E-state index in [9.17, 15) is 0 Å². The van der Waals surface area contributed by atoms with Crippen LogP contribution < -0.4 is 10.5 Å². The number of para-hydroxylation sites is 1. The van der Waals surface area contributed by atoms with Gasteiger partial charge in [0.2, 0.25) is 0 Å². The van der Waals surface area contributed by atoms with E-state index in [1.165, 1.54) is 0 Å². The normalized spacial score (nSPS) is 13.8. The molecule has 0 aromatic heterocycles. The largest absolute Gasteiger partial charge is 0.486 e. The Morgan fingerprint density at radius 2 is 1.77 bits per heavy atom. The SMILES string of the molecule is CC(N)C(C)(C)Oc1ccccc1. The van der Waals surface area contributed by atoms with E-state index in [1.807, 2.05) is 51.1 Å². The Kier molecular flexibility index (Phi) is 2.94. The first kappa shape index (κ1) is 10.1. The van der Waals surface area contributed by atoms with Gasteiger partial charge >= 0.3 is 0 Å². The molecule has 0 aliphatic rings. The predicted molar refractivity (Wildman–Crippen MR) is 54.8 cm³/mol. The summed E-state index contributed by atoms with van der Waals surface area (Å²) in [6.07, 6.45) is 0. The van der Waals surface area contributed by atoms with E-state index >= 15 is 0 Å². The Hall–Kier alpha value is -1.02. The van der Waals surface area contributed by atoms with Gasteiger partial charge in [0.15, 0.2) is 0 Å². The summed E-state index contributed by atoms with van der Waals surface area (Å²) in [7, 11) is 0. The Morgan fingerprint density at radius 3 is 2.23 bits per heavy atom. The van der Waals surface area contributed by atoms with Crippen LogP contribution >= 0.6 is 0 Å². The zero-order valence-corrected chi connectivity index (χ0v) is 8.45. The molecule has 1 aromatic carbocycles. The molecule has 0 saturated heterocycles. The van der Waals surface area contributed by atoms with Crippen LogP contribution in [0.5, 0.6) is 5.75 Å². The van der Waals surface area contributed by atoms with Gasteiger partial charge in [-0.25, -0.2) is 0 Å². The van der Waals surface area contributed by atoms with Crippen LogP contribution in [-0.4, -0.2) is 11.6 Å². The smallest absolute Gasteiger partial charge is 0.120 e.